The summed E-state index contributed by atoms with van der Waals surface area (Å²) in [6, 6.07) is 31.7. The van der Waals surface area contributed by atoms with E-state index in [-0.39, 0.29) is 26.4 Å². The van der Waals surface area contributed by atoms with E-state index in [9.17, 15) is 9.59 Å². The minimum absolute atomic E-state index is 0.0652. The molecule has 6 nitrogen and oxygen atoms in total. The summed E-state index contributed by atoms with van der Waals surface area (Å²) in [6.45, 7) is 10.9. The Morgan fingerprint density at radius 2 is 0.857 bits per heavy atom. The lowest BCUT2D eigenvalue weighted by Gasteiger charge is -2.21. The molecule has 42 heavy (non-hydrogen) atoms. The second kappa shape index (κ2) is 14.5. The number of carbonyl (C=O) groups excluding carboxylic acids is 2. The summed E-state index contributed by atoms with van der Waals surface area (Å²) in [6.07, 6.45) is 0. The van der Waals surface area contributed by atoms with E-state index in [1.807, 2.05) is 97.1 Å². The summed E-state index contributed by atoms with van der Waals surface area (Å²) in [4.78, 5) is 23.8. The molecule has 0 aliphatic carbocycles. The average Bonchev–Trinajstić information content (AvgIpc) is 3.01. The highest BCUT2D eigenvalue weighted by Crippen LogP contribution is 2.45. The summed E-state index contributed by atoms with van der Waals surface area (Å²) in [5.41, 5.74) is 5.96. The summed E-state index contributed by atoms with van der Waals surface area (Å²) < 4.78 is 23.3. The molecule has 0 saturated heterocycles. The van der Waals surface area contributed by atoms with E-state index in [4.69, 9.17) is 18.9 Å². The van der Waals surface area contributed by atoms with E-state index in [1.165, 1.54) is 0 Å². The first-order valence-electron chi connectivity index (χ1n) is 13.6. The summed E-state index contributed by atoms with van der Waals surface area (Å²) in [7, 11) is 0. The van der Waals surface area contributed by atoms with Crippen LogP contribution < -0.4 is 9.47 Å². The normalized spacial score (nSPS) is 10.4. The highest BCUT2D eigenvalue weighted by molar-refractivity contribution is 5.89. The SMILES string of the molecule is C=C(C)C(=O)OCCOc1c(-c2ccccc2)cccc1-c1cccc(-c2ccccc2)c1OCCOC(=O)C(=C)C. The maximum Gasteiger partial charge on any atom is 0.333 e. The van der Waals surface area contributed by atoms with E-state index in [0.29, 0.717) is 22.6 Å². The van der Waals surface area contributed by atoms with Gasteiger partial charge in [-0.05, 0) is 25.0 Å². The first kappa shape index (κ1) is 29.9. The minimum atomic E-state index is -0.464. The monoisotopic (exact) mass is 562 g/mol. The van der Waals surface area contributed by atoms with Gasteiger partial charge in [0.25, 0.3) is 0 Å². The number of rotatable bonds is 13. The van der Waals surface area contributed by atoms with Crippen LogP contribution in [0.5, 0.6) is 11.5 Å². The van der Waals surface area contributed by atoms with E-state index in [2.05, 4.69) is 13.2 Å². The molecule has 4 rings (SSSR count). The molecule has 0 saturated carbocycles. The highest BCUT2D eigenvalue weighted by Gasteiger charge is 2.20. The van der Waals surface area contributed by atoms with Crippen LogP contribution in [-0.4, -0.2) is 38.4 Å². The van der Waals surface area contributed by atoms with Gasteiger partial charge in [0.15, 0.2) is 0 Å². The van der Waals surface area contributed by atoms with Crippen LogP contribution in [-0.2, 0) is 19.1 Å². The molecule has 0 aliphatic heterocycles. The zero-order valence-electron chi connectivity index (χ0n) is 23.9. The standard InChI is InChI=1S/C36H34O6/c1-25(2)35(37)41-23-21-39-33-29(27-13-7-5-8-14-27)17-11-19-31(33)32-20-12-18-30(28-15-9-6-10-16-28)34(32)40-22-24-42-36(38)26(3)4/h5-20H,1,3,21-24H2,2,4H3. The van der Waals surface area contributed by atoms with Gasteiger partial charge in [-0.1, -0.05) is 110 Å². The van der Waals surface area contributed by atoms with Gasteiger partial charge in [0.1, 0.15) is 37.9 Å². The number of hydrogen-bond donors (Lipinski definition) is 0. The number of ether oxygens (including phenoxy) is 4. The molecule has 0 atom stereocenters. The molecule has 6 heteroatoms. The maximum atomic E-state index is 11.9. The predicted octanol–water partition coefficient (Wildman–Crippen LogP) is 7.68. The average molecular weight is 563 g/mol. The lowest BCUT2D eigenvalue weighted by atomic mass is 9.93. The highest BCUT2D eigenvalue weighted by atomic mass is 16.6. The molecule has 4 aromatic rings. The van der Waals surface area contributed by atoms with Crippen LogP contribution in [0.4, 0.5) is 0 Å². The zero-order chi connectivity index (χ0) is 29.9. The Kier molecular flexibility index (Phi) is 10.3. The minimum Gasteiger partial charge on any atom is -0.489 e. The van der Waals surface area contributed by atoms with Gasteiger partial charge in [-0.15, -0.1) is 0 Å². The Morgan fingerprint density at radius 3 is 1.21 bits per heavy atom. The number of para-hydroxylation sites is 2. The first-order chi connectivity index (χ1) is 20.4. The Labute approximate surface area is 246 Å². The zero-order valence-corrected chi connectivity index (χ0v) is 23.9. The molecule has 0 amide bonds. The van der Waals surface area contributed by atoms with Gasteiger partial charge in [-0.25, -0.2) is 9.59 Å². The third-order valence-corrected chi connectivity index (χ3v) is 6.31. The second-order valence-electron chi connectivity index (χ2n) is 9.63. The van der Waals surface area contributed by atoms with Crippen molar-refractivity contribution >= 4 is 11.9 Å². The smallest absolute Gasteiger partial charge is 0.333 e. The van der Waals surface area contributed by atoms with Crippen molar-refractivity contribution in [3.05, 3.63) is 121 Å². The van der Waals surface area contributed by atoms with Crippen LogP contribution in [0.3, 0.4) is 0 Å². The van der Waals surface area contributed by atoms with Crippen molar-refractivity contribution in [3.63, 3.8) is 0 Å². The Hall–Kier alpha value is -5.10. The lowest BCUT2D eigenvalue weighted by molar-refractivity contribution is -0.140. The van der Waals surface area contributed by atoms with Gasteiger partial charge in [0.05, 0.1) is 0 Å². The summed E-state index contributed by atoms with van der Waals surface area (Å²) in [5, 5.41) is 0. The van der Waals surface area contributed by atoms with Crippen molar-refractivity contribution in [1.82, 2.24) is 0 Å². The van der Waals surface area contributed by atoms with Gasteiger partial charge < -0.3 is 18.9 Å². The molecule has 0 spiro atoms. The molecule has 0 bridgehead atoms. The molecule has 214 valence electrons. The van der Waals surface area contributed by atoms with Crippen molar-refractivity contribution in [3.8, 4) is 44.9 Å². The molecule has 0 N–H and O–H groups in total. The molecular weight excluding hydrogens is 528 g/mol. The quantitative estimate of drug-likeness (QED) is 0.0945. The number of esters is 2. The van der Waals surface area contributed by atoms with Gasteiger partial charge in [-0.3, -0.25) is 0 Å². The Bertz CT molecular complexity index is 1440. The van der Waals surface area contributed by atoms with E-state index < -0.39 is 11.9 Å². The van der Waals surface area contributed by atoms with Gasteiger partial charge in [0, 0.05) is 33.4 Å². The topological polar surface area (TPSA) is 71.1 Å². The lowest BCUT2D eigenvalue weighted by Crippen LogP contribution is -2.14. The fourth-order valence-corrected chi connectivity index (χ4v) is 4.30. The van der Waals surface area contributed by atoms with Crippen molar-refractivity contribution < 1.29 is 28.5 Å². The summed E-state index contributed by atoms with van der Waals surface area (Å²) in [5.74, 6) is 0.320. The number of benzene rings is 4. The number of hydrogen-bond acceptors (Lipinski definition) is 6. The van der Waals surface area contributed by atoms with Crippen molar-refractivity contribution in [2.75, 3.05) is 26.4 Å². The second-order valence-corrected chi connectivity index (χ2v) is 9.63. The Balaban J connectivity index is 1.77. The number of carbonyl (C=O) groups is 2. The van der Waals surface area contributed by atoms with Gasteiger partial charge in [0.2, 0.25) is 0 Å². The fourth-order valence-electron chi connectivity index (χ4n) is 4.30. The molecule has 0 aromatic heterocycles. The fraction of sp³-hybridized carbons (Fsp3) is 0.167. The van der Waals surface area contributed by atoms with E-state index in [1.54, 1.807) is 13.8 Å². The molecule has 0 heterocycles. The summed E-state index contributed by atoms with van der Waals surface area (Å²) >= 11 is 0. The van der Waals surface area contributed by atoms with Gasteiger partial charge >= 0.3 is 11.9 Å². The Morgan fingerprint density at radius 1 is 0.500 bits per heavy atom. The molecule has 0 aliphatic rings. The van der Waals surface area contributed by atoms with E-state index in [0.717, 1.165) is 33.4 Å². The third-order valence-electron chi connectivity index (χ3n) is 6.31. The van der Waals surface area contributed by atoms with Crippen LogP contribution in [0, 0.1) is 0 Å². The molecule has 0 unspecified atom stereocenters. The van der Waals surface area contributed by atoms with Crippen molar-refractivity contribution in [2.45, 2.75) is 13.8 Å². The molecule has 0 radical (unpaired) electrons. The van der Waals surface area contributed by atoms with E-state index >= 15 is 0 Å². The molecular formula is C36H34O6. The predicted molar refractivity (Wildman–Crippen MR) is 165 cm³/mol. The van der Waals surface area contributed by atoms with Crippen LogP contribution >= 0.6 is 0 Å². The first-order valence-corrected chi connectivity index (χ1v) is 13.6. The van der Waals surface area contributed by atoms with Crippen molar-refractivity contribution in [2.24, 2.45) is 0 Å². The maximum absolute atomic E-state index is 11.9. The molecule has 0 fully saturated rings. The van der Waals surface area contributed by atoms with Crippen LogP contribution in [0.1, 0.15) is 13.8 Å². The molecule has 4 aromatic carbocycles. The van der Waals surface area contributed by atoms with Crippen LogP contribution in [0.15, 0.2) is 121 Å². The van der Waals surface area contributed by atoms with Gasteiger partial charge in [-0.2, -0.15) is 0 Å². The third kappa shape index (κ3) is 7.55. The van der Waals surface area contributed by atoms with Crippen molar-refractivity contribution in [1.29, 1.82) is 0 Å². The van der Waals surface area contributed by atoms with Crippen LogP contribution in [0.2, 0.25) is 0 Å². The van der Waals surface area contributed by atoms with Crippen LogP contribution in [0.25, 0.3) is 33.4 Å². The largest absolute Gasteiger partial charge is 0.489 e.